The van der Waals surface area contributed by atoms with Crippen LogP contribution in [0.25, 0.3) is 5.69 Å². The monoisotopic (exact) mass is 362 g/mol. The minimum atomic E-state index is -3.63. The zero-order valence-electron chi connectivity index (χ0n) is 12.9. The van der Waals surface area contributed by atoms with Gasteiger partial charge in [-0.25, -0.2) is 18.1 Å². The fourth-order valence-corrected chi connectivity index (χ4v) is 3.42. The average molecular weight is 363 g/mol. The summed E-state index contributed by atoms with van der Waals surface area (Å²) >= 11 is 5.70. The summed E-state index contributed by atoms with van der Waals surface area (Å²) < 4.78 is 28.0. The highest BCUT2D eigenvalue weighted by atomic mass is 35.5. The second-order valence-electron chi connectivity index (χ2n) is 5.21. The molecule has 6 nitrogen and oxygen atoms in total. The Hall–Kier alpha value is -2.22. The van der Waals surface area contributed by atoms with Crippen LogP contribution < -0.4 is 0 Å². The van der Waals surface area contributed by atoms with Crippen molar-refractivity contribution in [3.63, 3.8) is 0 Å². The molecule has 8 heteroatoms. The highest BCUT2D eigenvalue weighted by Crippen LogP contribution is 2.18. The smallest absolute Gasteiger partial charge is 0.243 e. The third kappa shape index (κ3) is 3.48. The van der Waals surface area contributed by atoms with E-state index in [1.165, 1.54) is 29.7 Å². The Kier molecular flexibility index (Phi) is 4.66. The molecule has 1 aromatic carbocycles. The molecular formula is C16H15ClN4O2S. The number of aromatic nitrogens is 3. The molecule has 0 atom stereocenters. The van der Waals surface area contributed by atoms with Gasteiger partial charge in [0.2, 0.25) is 10.0 Å². The number of para-hydroxylation sites is 1. The molecule has 0 unspecified atom stereocenters. The van der Waals surface area contributed by atoms with Gasteiger partial charge in [0.05, 0.1) is 11.9 Å². The molecule has 0 aliphatic rings. The van der Waals surface area contributed by atoms with Gasteiger partial charge in [-0.05, 0) is 24.3 Å². The van der Waals surface area contributed by atoms with Gasteiger partial charge in [-0.1, -0.05) is 29.8 Å². The lowest BCUT2D eigenvalue weighted by atomic mass is 10.3. The van der Waals surface area contributed by atoms with E-state index in [9.17, 15) is 8.42 Å². The number of benzene rings is 1. The van der Waals surface area contributed by atoms with Crippen molar-refractivity contribution in [1.29, 1.82) is 0 Å². The van der Waals surface area contributed by atoms with Crippen molar-refractivity contribution in [2.45, 2.75) is 11.4 Å². The Morgan fingerprint density at radius 2 is 1.88 bits per heavy atom. The normalized spacial score (nSPS) is 11.8. The molecule has 2 aromatic heterocycles. The summed E-state index contributed by atoms with van der Waals surface area (Å²) in [5.41, 5.74) is 1.70. The van der Waals surface area contributed by atoms with E-state index in [0.717, 1.165) is 11.3 Å². The number of sulfonamides is 1. The third-order valence-corrected chi connectivity index (χ3v) is 5.48. The topological polar surface area (TPSA) is 68.1 Å². The Morgan fingerprint density at radius 1 is 1.12 bits per heavy atom. The molecule has 124 valence electrons. The minimum absolute atomic E-state index is 0.102. The molecule has 3 aromatic rings. The van der Waals surface area contributed by atoms with E-state index in [-0.39, 0.29) is 16.6 Å². The minimum Gasteiger partial charge on any atom is -0.243 e. The molecule has 0 fully saturated rings. The maximum Gasteiger partial charge on any atom is 0.244 e. The van der Waals surface area contributed by atoms with Gasteiger partial charge >= 0.3 is 0 Å². The quantitative estimate of drug-likeness (QED) is 0.654. The lowest BCUT2D eigenvalue weighted by Gasteiger charge is -2.16. The summed E-state index contributed by atoms with van der Waals surface area (Å²) in [4.78, 5) is 3.92. The number of rotatable bonds is 5. The van der Waals surface area contributed by atoms with Crippen molar-refractivity contribution in [3.8, 4) is 5.69 Å². The number of hydrogen-bond acceptors (Lipinski definition) is 4. The largest absolute Gasteiger partial charge is 0.244 e. The highest BCUT2D eigenvalue weighted by Gasteiger charge is 2.21. The molecular weight excluding hydrogens is 348 g/mol. The fraction of sp³-hybridized carbons (Fsp3) is 0.125. The van der Waals surface area contributed by atoms with Crippen molar-refractivity contribution in [2.75, 3.05) is 7.05 Å². The first-order valence-corrected chi connectivity index (χ1v) is 8.95. The van der Waals surface area contributed by atoms with Crippen molar-refractivity contribution in [3.05, 3.63) is 71.8 Å². The zero-order chi connectivity index (χ0) is 17.2. The molecule has 0 aliphatic heterocycles. The van der Waals surface area contributed by atoms with Crippen LogP contribution in [0.1, 0.15) is 5.56 Å². The maximum absolute atomic E-state index is 12.5. The Labute approximate surface area is 145 Å². The molecule has 24 heavy (non-hydrogen) atoms. The molecule has 0 saturated carbocycles. The average Bonchev–Trinajstić information content (AvgIpc) is 3.04. The molecule has 2 heterocycles. The third-order valence-electron chi connectivity index (χ3n) is 3.47. The van der Waals surface area contributed by atoms with Crippen molar-refractivity contribution >= 4 is 21.6 Å². The summed E-state index contributed by atoms with van der Waals surface area (Å²) in [7, 11) is -2.12. The van der Waals surface area contributed by atoms with E-state index < -0.39 is 10.0 Å². The fourth-order valence-electron chi connectivity index (χ4n) is 2.20. The lowest BCUT2D eigenvalue weighted by molar-refractivity contribution is 0.466. The van der Waals surface area contributed by atoms with Crippen LogP contribution in [0.3, 0.4) is 0 Å². The van der Waals surface area contributed by atoms with Gasteiger partial charge in [0, 0.05) is 31.5 Å². The van der Waals surface area contributed by atoms with E-state index >= 15 is 0 Å². The first-order valence-electron chi connectivity index (χ1n) is 7.14. The maximum atomic E-state index is 12.5. The SMILES string of the molecule is CN(Cc1cnn(-c2ccccc2)c1)S(=O)(=O)c1ccc(Cl)nc1. The van der Waals surface area contributed by atoms with E-state index in [2.05, 4.69) is 10.1 Å². The van der Waals surface area contributed by atoms with Crippen LogP contribution >= 0.6 is 11.6 Å². The molecule has 0 saturated heterocycles. The summed E-state index contributed by atoms with van der Waals surface area (Å²) in [5, 5.41) is 4.52. The van der Waals surface area contributed by atoms with Crippen LogP contribution in [0.15, 0.2) is 66.0 Å². The van der Waals surface area contributed by atoms with E-state index in [1.54, 1.807) is 10.9 Å². The number of pyridine rings is 1. The highest BCUT2D eigenvalue weighted by molar-refractivity contribution is 7.89. The van der Waals surface area contributed by atoms with Crippen LogP contribution in [0.2, 0.25) is 5.15 Å². The number of hydrogen-bond donors (Lipinski definition) is 0. The van der Waals surface area contributed by atoms with Gasteiger partial charge in [0.25, 0.3) is 0 Å². The van der Waals surface area contributed by atoms with Gasteiger partial charge in [-0.15, -0.1) is 0 Å². The molecule has 3 rings (SSSR count). The number of halogens is 1. The predicted octanol–water partition coefficient (Wildman–Crippen LogP) is 2.74. The van der Waals surface area contributed by atoms with Gasteiger partial charge in [0.1, 0.15) is 10.0 Å². The first kappa shape index (κ1) is 16.6. The van der Waals surface area contributed by atoms with Gasteiger partial charge in [-0.2, -0.15) is 9.40 Å². The Bertz CT molecular complexity index is 924. The second-order valence-corrected chi connectivity index (χ2v) is 7.64. The summed E-state index contributed by atoms with van der Waals surface area (Å²) in [5.74, 6) is 0. The molecule has 0 bridgehead atoms. The number of nitrogens with zero attached hydrogens (tertiary/aromatic N) is 4. The standard InChI is InChI=1S/C16H15ClN4O2S/c1-20(24(22,23)15-7-8-16(17)18-10-15)11-13-9-19-21(12-13)14-5-3-2-4-6-14/h2-10,12H,11H2,1H3. The van der Waals surface area contributed by atoms with Crippen molar-refractivity contribution < 1.29 is 8.42 Å². The van der Waals surface area contributed by atoms with Gasteiger partial charge < -0.3 is 0 Å². The molecule has 0 N–H and O–H groups in total. The first-order chi connectivity index (χ1) is 11.5. The zero-order valence-corrected chi connectivity index (χ0v) is 14.4. The molecule has 0 aliphatic carbocycles. The van der Waals surface area contributed by atoms with Crippen molar-refractivity contribution in [2.24, 2.45) is 0 Å². The van der Waals surface area contributed by atoms with Crippen LogP contribution in [-0.4, -0.2) is 34.5 Å². The Morgan fingerprint density at radius 3 is 2.54 bits per heavy atom. The Balaban J connectivity index is 1.78. The summed E-state index contributed by atoms with van der Waals surface area (Å²) in [6.45, 7) is 0.206. The lowest BCUT2D eigenvalue weighted by Crippen LogP contribution is -2.26. The van der Waals surface area contributed by atoms with Crippen molar-refractivity contribution in [1.82, 2.24) is 19.1 Å². The summed E-state index contributed by atoms with van der Waals surface area (Å²) in [6.07, 6.45) is 4.71. The molecule has 0 spiro atoms. The predicted molar refractivity (Wildman–Crippen MR) is 91.5 cm³/mol. The van der Waals surface area contributed by atoms with E-state index in [4.69, 9.17) is 11.6 Å². The van der Waals surface area contributed by atoms with E-state index in [0.29, 0.717) is 0 Å². The van der Waals surface area contributed by atoms with Crippen LogP contribution in [0.4, 0.5) is 0 Å². The van der Waals surface area contributed by atoms with E-state index in [1.807, 2.05) is 36.5 Å². The summed E-state index contributed by atoms with van der Waals surface area (Å²) in [6, 6.07) is 12.5. The van der Waals surface area contributed by atoms with Gasteiger partial charge in [-0.3, -0.25) is 0 Å². The second kappa shape index (κ2) is 6.72. The van der Waals surface area contributed by atoms with Crippen LogP contribution in [-0.2, 0) is 16.6 Å². The van der Waals surface area contributed by atoms with Crippen LogP contribution in [0, 0.1) is 0 Å². The van der Waals surface area contributed by atoms with Crippen LogP contribution in [0.5, 0.6) is 0 Å². The van der Waals surface area contributed by atoms with Gasteiger partial charge in [0.15, 0.2) is 0 Å². The molecule has 0 radical (unpaired) electrons. The molecule has 0 amide bonds.